The van der Waals surface area contributed by atoms with Crippen molar-refractivity contribution in [1.29, 1.82) is 10.5 Å². The summed E-state index contributed by atoms with van der Waals surface area (Å²) >= 11 is 0. The van der Waals surface area contributed by atoms with E-state index in [1.54, 1.807) is 24.6 Å². The van der Waals surface area contributed by atoms with E-state index in [0.29, 0.717) is 11.5 Å². The maximum Gasteiger partial charge on any atom is 0.292 e. The third kappa shape index (κ3) is 2.56. The third-order valence-electron chi connectivity index (χ3n) is 4.33. The van der Waals surface area contributed by atoms with Gasteiger partial charge in [-0.25, -0.2) is 0 Å². The zero-order valence-corrected chi connectivity index (χ0v) is 13.6. The second-order valence-electron chi connectivity index (χ2n) is 5.74. The molecule has 0 aliphatic carbocycles. The monoisotopic (exact) mass is 336 g/mol. The summed E-state index contributed by atoms with van der Waals surface area (Å²) in [5.74, 6) is 1.03. The van der Waals surface area contributed by atoms with E-state index in [1.165, 1.54) is 0 Å². The van der Waals surface area contributed by atoms with Crippen molar-refractivity contribution in [2.45, 2.75) is 0 Å². The normalized spacial score (nSPS) is 10.2. The summed E-state index contributed by atoms with van der Waals surface area (Å²) in [6, 6.07) is 23.1. The van der Waals surface area contributed by atoms with Crippen molar-refractivity contribution in [3.8, 4) is 35.1 Å². The lowest BCUT2D eigenvalue weighted by atomic mass is 9.93. The Bertz CT molecular complexity index is 1210. The zero-order chi connectivity index (χ0) is 17.9. The second-order valence-corrected chi connectivity index (χ2v) is 5.74. The van der Waals surface area contributed by atoms with Gasteiger partial charge in [-0.15, -0.1) is 10.5 Å². The first-order valence-corrected chi connectivity index (χ1v) is 7.98. The molecular formula is C22H12N2O2. The van der Waals surface area contributed by atoms with Crippen LogP contribution in [0.1, 0.15) is 0 Å². The Morgan fingerprint density at radius 2 is 1.35 bits per heavy atom. The van der Waals surface area contributed by atoms with Crippen LogP contribution in [0.25, 0.3) is 32.7 Å². The molecule has 0 heterocycles. The number of ether oxygens (including phenoxy) is 2. The zero-order valence-electron chi connectivity index (χ0n) is 13.6. The molecule has 0 radical (unpaired) electrons. The van der Waals surface area contributed by atoms with Crippen LogP contribution >= 0.6 is 0 Å². The third-order valence-corrected chi connectivity index (χ3v) is 4.33. The van der Waals surface area contributed by atoms with Crippen molar-refractivity contribution < 1.29 is 9.47 Å². The van der Waals surface area contributed by atoms with Gasteiger partial charge in [-0.1, -0.05) is 54.6 Å². The number of benzene rings is 4. The molecule has 0 aromatic heterocycles. The highest BCUT2D eigenvalue weighted by atomic mass is 16.5. The standard InChI is InChI=1S/C22H12N2O2/c23-13-25-17-10-11-18-16(12-17)6-2-7-19(18)20-8-1-4-15-5-3-9-21(22(15)20)26-14-24/h1-12H. The minimum Gasteiger partial charge on any atom is -0.388 e. The summed E-state index contributed by atoms with van der Waals surface area (Å²) in [5.41, 5.74) is 2.00. The highest BCUT2D eigenvalue weighted by Crippen LogP contribution is 2.38. The molecule has 0 bridgehead atoms. The van der Waals surface area contributed by atoms with Gasteiger partial charge in [0.25, 0.3) is 12.5 Å². The smallest absolute Gasteiger partial charge is 0.292 e. The summed E-state index contributed by atoms with van der Waals surface area (Å²) in [6.07, 6.45) is 3.46. The Morgan fingerprint density at radius 1 is 0.654 bits per heavy atom. The molecule has 4 nitrogen and oxygen atoms in total. The fourth-order valence-electron chi connectivity index (χ4n) is 3.28. The Hall–Kier alpha value is -4.02. The molecule has 0 amide bonds. The lowest BCUT2D eigenvalue weighted by Gasteiger charge is -2.12. The van der Waals surface area contributed by atoms with Crippen LogP contribution in [-0.2, 0) is 0 Å². The van der Waals surface area contributed by atoms with Gasteiger partial charge < -0.3 is 9.47 Å². The molecule has 122 valence electrons. The van der Waals surface area contributed by atoms with Crippen LogP contribution in [0.5, 0.6) is 11.5 Å². The van der Waals surface area contributed by atoms with E-state index in [4.69, 9.17) is 20.0 Å². The molecule has 0 aliphatic rings. The Morgan fingerprint density at radius 3 is 2.12 bits per heavy atom. The van der Waals surface area contributed by atoms with Crippen molar-refractivity contribution in [3.63, 3.8) is 0 Å². The molecule has 4 heteroatoms. The molecule has 0 aliphatic heterocycles. The Kier molecular flexibility index (Phi) is 3.86. The first-order valence-electron chi connectivity index (χ1n) is 7.98. The second kappa shape index (κ2) is 6.47. The molecule has 0 saturated carbocycles. The number of fused-ring (bicyclic) bond motifs is 2. The fraction of sp³-hybridized carbons (Fsp3) is 0. The number of nitriles is 2. The van der Waals surface area contributed by atoms with Crippen LogP contribution in [0.15, 0.2) is 72.8 Å². The average molecular weight is 336 g/mol. The molecule has 0 N–H and O–H groups in total. The van der Waals surface area contributed by atoms with Crippen molar-refractivity contribution >= 4 is 21.5 Å². The highest BCUT2D eigenvalue weighted by molar-refractivity contribution is 6.07. The van der Waals surface area contributed by atoms with Crippen molar-refractivity contribution in [3.05, 3.63) is 72.8 Å². The largest absolute Gasteiger partial charge is 0.388 e. The minimum atomic E-state index is 0.503. The summed E-state index contributed by atoms with van der Waals surface area (Å²) in [4.78, 5) is 0. The predicted molar refractivity (Wildman–Crippen MR) is 99.4 cm³/mol. The van der Waals surface area contributed by atoms with Crippen LogP contribution in [0.2, 0.25) is 0 Å². The van der Waals surface area contributed by atoms with Crippen LogP contribution in [0, 0.1) is 23.0 Å². The van der Waals surface area contributed by atoms with Gasteiger partial charge in [-0.3, -0.25) is 0 Å². The van der Waals surface area contributed by atoms with Gasteiger partial charge in [0.2, 0.25) is 0 Å². The van der Waals surface area contributed by atoms with Crippen LogP contribution in [0.3, 0.4) is 0 Å². The van der Waals surface area contributed by atoms with Crippen LogP contribution in [0.4, 0.5) is 0 Å². The predicted octanol–water partition coefficient (Wildman–Crippen LogP) is 5.38. The van der Waals surface area contributed by atoms with Crippen LogP contribution < -0.4 is 9.47 Å². The number of hydrogen-bond donors (Lipinski definition) is 0. The van der Waals surface area contributed by atoms with Gasteiger partial charge in [-0.2, -0.15) is 0 Å². The van der Waals surface area contributed by atoms with Gasteiger partial charge in [0.1, 0.15) is 5.75 Å². The highest BCUT2D eigenvalue weighted by Gasteiger charge is 2.12. The van der Waals surface area contributed by atoms with Crippen molar-refractivity contribution in [2.75, 3.05) is 0 Å². The van der Waals surface area contributed by atoms with Gasteiger partial charge in [0.05, 0.1) is 0 Å². The summed E-state index contributed by atoms with van der Waals surface area (Å²) in [6.45, 7) is 0. The number of nitrogens with zero attached hydrogens (tertiary/aromatic N) is 2. The van der Waals surface area contributed by atoms with Gasteiger partial charge in [-0.05, 0) is 45.5 Å². The van der Waals surface area contributed by atoms with Gasteiger partial charge >= 0.3 is 0 Å². The molecule has 0 spiro atoms. The molecule has 0 saturated heterocycles. The van der Waals surface area contributed by atoms with Gasteiger partial charge in [0, 0.05) is 5.39 Å². The Balaban J connectivity index is 2.02. The maximum atomic E-state index is 8.98. The lowest BCUT2D eigenvalue weighted by Crippen LogP contribution is -1.89. The van der Waals surface area contributed by atoms with E-state index in [1.807, 2.05) is 60.7 Å². The van der Waals surface area contributed by atoms with Crippen molar-refractivity contribution in [1.82, 2.24) is 0 Å². The molecule has 26 heavy (non-hydrogen) atoms. The quantitative estimate of drug-likeness (QED) is 0.471. The first kappa shape index (κ1) is 15.5. The molecule has 0 atom stereocenters. The van der Waals surface area contributed by atoms with E-state index in [9.17, 15) is 0 Å². The van der Waals surface area contributed by atoms with E-state index in [-0.39, 0.29) is 0 Å². The molecular weight excluding hydrogens is 324 g/mol. The fourth-order valence-corrected chi connectivity index (χ4v) is 3.28. The lowest BCUT2D eigenvalue weighted by molar-refractivity contribution is 0.508. The van der Waals surface area contributed by atoms with E-state index in [2.05, 4.69) is 0 Å². The van der Waals surface area contributed by atoms with E-state index < -0.39 is 0 Å². The summed E-state index contributed by atoms with van der Waals surface area (Å²) in [7, 11) is 0. The summed E-state index contributed by atoms with van der Waals surface area (Å²) in [5, 5.41) is 21.6. The van der Waals surface area contributed by atoms with Crippen LogP contribution in [-0.4, -0.2) is 0 Å². The molecule has 4 aromatic rings. The molecule has 0 fully saturated rings. The Labute approximate surface area is 150 Å². The van der Waals surface area contributed by atoms with E-state index >= 15 is 0 Å². The first-order chi connectivity index (χ1) is 12.8. The SMILES string of the molecule is N#COc1ccc2c(-c3cccc4cccc(OC#N)c34)cccc2c1. The molecule has 4 rings (SSSR count). The van der Waals surface area contributed by atoms with Gasteiger partial charge in [0.15, 0.2) is 5.75 Å². The molecule has 4 aromatic carbocycles. The van der Waals surface area contributed by atoms with Crippen molar-refractivity contribution in [2.24, 2.45) is 0 Å². The molecule has 0 unspecified atom stereocenters. The number of hydrogen-bond acceptors (Lipinski definition) is 4. The minimum absolute atomic E-state index is 0.503. The topological polar surface area (TPSA) is 66.0 Å². The average Bonchev–Trinajstić information content (AvgIpc) is 2.68. The maximum absolute atomic E-state index is 8.98. The van der Waals surface area contributed by atoms with E-state index in [0.717, 1.165) is 32.7 Å². The number of rotatable bonds is 3. The summed E-state index contributed by atoms with van der Waals surface area (Å²) < 4.78 is 10.1.